The number of furan rings is 1. The van der Waals surface area contributed by atoms with E-state index in [1.165, 1.54) is 16.8 Å². The maximum absolute atomic E-state index is 6.48. The van der Waals surface area contributed by atoms with Gasteiger partial charge in [-0.05, 0) is 37.1 Å². The number of aromatic nitrogens is 3. The first-order valence-electron chi connectivity index (χ1n) is 8.34. The van der Waals surface area contributed by atoms with Gasteiger partial charge in [0.25, 0.3) is 0 Å². The number of benzene rings is 1. The molecule has 4 rings (SSSR count). The fourth-order valence-electron chi connectivity index (χ4n) is 3.27. The molecule has 0 fully saturated rings. The van der Waals surface area contributed by atoms with Gasteiger partial charge in [-0.25, -0.2) is 4.57 Å². The van der Waals surface area contributed by atoms with Crippen LogP contribution >= 0.6 is 0 Å². The topological polar surface area (TPSA) is 60.9 Å². The van der Waals surface area contributed by atoms with Crippen LogP contribution in [-0.4, -0.2) is 9.55 Å². The van der Waals surface area contributed by atoms with Gasteiger partial charge in [0.15, 0.2) is 0 Å². The van der Waals surface area contributed by atoms with Crippen LogP contribution in [0.25, 0.3) is 11.0 Å². The zero-order valence-corrected chi connectivity index (χ0v) is 14.4. The highest BCUT2D eigenvalue weighted by molar-refractivity contribution is 5.89. The normalized spacial score (nSPS) is 11.3. The lowest BCUT2D eigenvalue weighted by molar-refractivity contribution is -0.677. The fourth-order valence-corrected chi connectivity index (χ4v) is 3.27. The second-order valence-corrected chi connectivity index (χ2v) is 6.32. The Morgan fingerprint density at radius 2 is 1.92 bits per heavy atom. The summed E-state index contributed by atoms with van der Waals surface area (Å²) in [4.78, 5) is 4.70. The molecule has 3 aromatic heterocycles. The third kappa shape index (κ3) is 2.67. The van der Waals surface area contributed by atoms with Crippen LogP contribution in [0.5, 0.6) is 0 Å². The van der Waals surface area contributed by atoms with Crippen LogP contribution in [0.4, 0.5) is 5.82 Å². The summed E-state index contributed by atoms with van der Waals surface area (Å²) in [5.41, 5.74) is 11.0. The minimum Gasteiger partial charge on any atom is -0.466 e. The lowest BCUT2D eigenvalue weighted by Gasteiger charge is -2.07. The van der Waals surface area contributed by atoms with Gasteiger partial charge in [0.1, 0.15) is 17.7 Å². The Kier molecular flexibility index (Phi) is 3.76. The summed E-state index contributed by atoms with van der Waals surface area (Å²) in [6.07, 6.45) is 3.46. The Hall–Kier alpha value is -3.08. The van der Waals surface area contributed by atoms with E-state index in [0.29, 0.717) is 12.4 Å². The van der Waals surface area contributed by atoms with E-state index >= 15 is 0 Å². The van der Waals surface area contributed by atoms with E-state index in [9.17, 15) is 0 Å². The molecule has 0 unspecified atom stereocenters. The first-order valence-corrected chi connectivity index (χ1v) is 8.34. The maximum atomic E-state index is 6.48. The van der Waals surface area contributed by atoms with Gasteiger partial charge in [-0.2, -0.15) is 0 Å². The van der Waals surface area contributed by atoms with Crippen LogP contribution in [0, 0.1) is 13.8 Å². The first kappa shape index (κ1) is 15.4. The van der Waals surface area contributed by atoms with Crippen molar-refractivity contribution in [3.05, 3.63) is 77.6 Å². The van der Waals surface area contributed by atoms with Crippen molar-refractivity contribution < 1.29 is 8.98 Å². The average Bonchev–Trinajstić information content (AvgIpc) is 3.21. The zero-order chi connectivity index (χ0) is 17.4. The van der Waals surface area contributed by atoms with Crippen LogP contribution in [0.15, 0.2) is 59.5 Å². The highest BCUT2D eigenvalue weighted by atomic mass is 16.3. The number of aryl methyl sites for hydroxylation is 1. The largest absolute Gasteiger partial charge is 0.466 e. The van der Waals surface area contributed by atoms with Crippen molar-refractivity contribution in [3.8, 4) is 0 Å². The number of anilines is 1. The molecule has 0 spiro atoms. The zero-order valence-electron chi connectivity index (χ0n) is 14.4. The molecule has 0 amide bonds. The van der Waals surface area contributed by atoms with Crippen LogP contribution < -0.4 is 10.3 Å². The summed E-state index contributed by atoms with van der Waals surface area (Å²) in [6.45, 7) is 5.58. The minimum absolute atomic E-state index is 0.574. The predicted molar refractivity (Wildman–Crippen MR) is 97.2 cm³/mol. The second-order valence-electron chi connectivity index (χ2n) is 6.32. The van der Waals surface area contributed by atoms with Crippen molar-refractivity contribution in [2.45, 2.75) is 26.9 Å². The van der Waals surface area contributed by atoms with Gasteiger partial charge in [0, 0.05) is 5.69 Å². The molecule has 1 aromatic carbocycles. The third-order valence-corrected chi connectivity index (χ3v) is 4.78. The van der Waals surface area contributed by atoms with Gasteiger partial charge in [0.2, 0.25) is 17.8 Å². The Morgan fingerprint density at radius 3 is 2.64 bits per heavy atom. The van der Waals surface area contributed by atoms with Crippen LogP contribution in [-0.2, 0) is 13.1 Å². The first-order chi connectivity index (χ1) is 12.1. The van der Waals surface area contributed by atoms with E-state index in [1.54, 1.807) is 12.6 Å². The van der Waals surface area contributed by atoms with Crippen LogP contribution in [0.3, 0.4) is 0 Å². The molecule has 2 N–H and O–H groups in total. The lowest BCUT2D eigenvalue weighted by Crippen LogP contribution is -2.38. The molecule has 0 saturated heterocycles. The molecule has 0 radical (unpaired) electrons. The lowest BCUT2D eigenvalue weighted by atomic mass is 10.2. The summed E-state index contributed by atoms with van der Waals surface area (Å²) in [7, 11) is 0. The summed E-state index contributed by atoms with van der Waals surface area (Å²) in [6, 6.07) is 14.2. The smallest absolute Gasteiger partial charge is 0.232 e. The van der Waals surface area contributed by atoms with Crippen molar-refractivity contribution in [2.24, 2.45) is 0 Å². The summed E-state index contributed by atoms with van der Waals surface area (Å²) in [5, 5.41) is 1.02. The van der Waals surface area contributed by atoms with Crippen molar-refractivity contribution in [1.29, 1.82) is 0 Å². The van der Waals surface area contributed by atoms with Crippen molar-refractivity contribution in [3.63, 3.8) is 0 Å². The Morgan fingerprint density at radius 1 is 1.12 bits per heavy atom. The second kappa shape index (κ2) is 6.09. The van der Waals surface area contributed by atoms with E-state index in [4.69, 9.17) is 15.1 Å². The molecule has 0 aliphatic carbocycles. The highest BCUT2D eigenvalue weighted by Crippen LogP contribution is 2.27. The molecule has 0 atom stereocenters. The Bertz CT molecular complexity index is 1020. The number of nitrogens with zero attached hydrogens (tertiary/aromatic N) is 3. The van der Waals surface area contributed by atoms with E-state index in [0.717, 1.165) is 23.3 Å². The van der Waals surface area contributed by atoms with Gasteiger partial charge in [0.05, 0.1) is 12.8 Å². The average molecular weight is 333 g/mol. The highest BCUT2D eigenvalue weighted by Gasteiger charge is 2.21. The predicted octanol–water partition coefficient (Wildman–Crippen LogP) is 3.21. The molecule has 4 aromatic rings. The van der Waals surface area contributed by atoms with Gasteiger partial charge < -0.3 is 14.7 Å². The molecule has 5 nitrogen and oxygen atoms in total. The van der Waals surface area contributed by atoms with Crippen LogP contribution in [0.2, 0.25) is 0 Å². The quantitative estimate of drug-likeness (QED) is 0.583. The van der Waals surface area contributed by atoms with Gasteiger partial charge >= 0.3 is 0 Å². The number of hydrogen-bond donors (Lipinski definition) is 1. The van der Waals surface area contributed by atoms with Crippen molar-refractivity contribution in [1.82, 2.24) is 9.55 Å². The van der Waals surface area contributed by atoms with Gasteiger partial charge in [-0.1, -0.05) is 35.3 Å². The third-order valence-electron chi connectivity index (χ3n) is 4.78. The SMILES string of the molecule is Cc1c(C)n(Cc2ccccc2)c2nc[n+](Cc3ccco3)c(N)c12. The summed E-state index contributed by atoms with van der Waals surface area (Å²) in [5.74, 6) is 1.57. The standard InChI is InChI=1S/C20H20N4O/c1-14-15(2)24(11-16-7-4-3-5-8-16)20-18(14)19(21)23(13-22-20)12-17-9-6-10-25-17/h3-10,13,21H,11-12H2,1-2H3/p+1. The number of nitrogens with two attached hydrogens (primary N) is 1. The van der Waals surface area contributed by atoms with Gasteiger partial charge in [-0.3, -0.25) is 0 Å². The van der Waals surface area contributed by atoms with Crippen LogP contribution in [0.1, 0.15) is 22.6 Å². The minimum atomic E-state index is 0.574. The molecule has 25 heavy (non-hydrogen) atoms. The number of nitrogen functional groups attached to an aromatic ring is 1. The molecule has 126 valence electrons. The molecule has 0 saturated carbocycles. The van der Waals surface area contributed by atoms with Gasteiger partial charge in [-0.15, -0.1) is 0 Å². The van der Waals surface area contributed by atoms with E-state index in [2.05, 4.69) is 42.7 Å². The molecule has 0 bridgehead atoms. The summed E-state index contributed by atoms with van der Waals surface area (Å²) >= 11 is 0. The van der Waals surface area contributed by atoms with Crippen molar-refractivity contribution in [2.75, 3.05) is 5.73 Å². The molecule has 3 heterocycles. The Balaban J connectivity index is 1.81. The molecule has 0 aliphatic heterocycles. The molecule has 0 aliphatic rings. The van der Waals surface area contributed by atoms with E-state index in [-0.39, 0.29) is 0 Å². The Labute approximate surface area is 146 Å². The number of hydrogen-bond acceptors (Lipinski definition) is 3. The van der Waals surface area contributed by atoms with Crippen molar-refractivity contribution >= 4 is 16.9 Å². The number of fused-ring (bicyclic) bond motifs is 1. The number of rotatable bonds is 4. The maximum Gasteiger partial charge on any atom is 0.232 e. The molecular weight excluding hydrogens is 312 g/mol. The monoisotopic (exact) mass is 333 g/mol. The molecular formula is C20H21N4O+. The summed E-state index contributed by atoms with van der Waals surface area (Å²) < 4.78 is 9.59. The van der Waals surface area contributed by atoms with E-state index < -0.39 is 0 Å². The fraction of sp³-hybridized carbons (Fsp3) is 0.200. The molecule has 5 heteroatoms. The van der Waals surface area contributed by atoms with E-state index in [1.807, 2.05) is 22.8 Å².